The van der Waals surface area contributed by atoms with Gasteiger partial charge in [-0.15, -0.1) is 0 Å². The molecule has 0 aromatic heterocycles. The Kier molecular flexibility index (Phi) is 7.01. The van der Waals surface area contributed by atoms with Gasteiger partial charge < -0.3 is 28.1 Å². The predicted octanol–water partition coefficient (Wildman–Crippen LogP) is 4.40. The van der Waals surface area contributed by atoms with Crippen molar-refractivity contribution in [1.82, 2.24) is 0 Å². The molecule has 0 bridgehead atoms. The first kappa shape index (κ1) is 26.4. The summed E-state index contributed by atoms with van der Waals surface area (Å²) >= 11 is 5.95. The number of halogens is 1. The van der Waals surface area contributed by atoms with Gasteiger partial charge in [0, 0.05) is 5.02 Å². The minimum atomic E-state index is -0.360. The standard InChI is InChI=1S/C14H19BO4.C12H16BClO2/c1-13(2)14(3,4)19-15(18-13)10-5-6-11-12(9-10)17-8-7-16-11;1-11(2)12(3,4)16-13(15-11)9-6-5-7-10(14)8-9/h5-6,9H,7-8H2,1-4H3;5-8H,1-4H3. The SMILES string of the molecule is CC1(C)OB(c2ccc3c(c2)OCCO3)OC1(C)C.CC1(C)OB(c2cccc(Cl)c2)OC1(C)C. The quantitative estimate of drug-likeness (QED) is 0.570. The van der Waals surface area contributed by atoms with Gasteiger partial charge >= 0.3 is 14.2 Å². The molecule has 6 nitrogen and oxygen atoms in total. The molecule has 2 saturated heterocycles. The van der Waals surface area contributed by atoms with Crippen LogP contribution < -0.4 is 20.4 Å². The van der Waals surface area contributed by atoms with Gasteiger partial charge in [-0.1, -0.05) is 29.8 Å². The zero-order valence-corrected chi connectivity index (χ0v) is 22.7. The number of hydrogen-bond donors (Lipinski definition) is 0. The third-order valence-corrected chi connectivity index (χ3v) is 7.70. The van der Waals surface area contributed by atoms with Gasteiger partial charge in [-0.05, 0) is 90.6 Å². The fraction of sp³-hybridized carbons (Fsp3) is 0.538. The minimum Gasteiger partial charge on any atom is -0.486 e. The smallest absolute Gasteiger partial charge is 0.486 e. The van der Waals surface area contributed by atoms with Gasteiger partial charge in [-0.3, -0.25) is 0 Å². The highest BCUT2D eigenvalue weighted by Gasteiger charge is 2.52. The Morgan fingerprint density at radius 2 is 1.06 bits per heavy atom. The first-order valence-electron chi connectivity index (χ1n) is 12.1. The van der Waals surface area contributed by atoms with Gasteiger partial charge in [0.2, 0.25) is 0 Å². The van der Waals surface area contributed by atoms with Crippen LogP contribution in [0.1, 0.15) is 55.4 Å². The first-order chi connectivity index (χ1) is 16.2. The number of hydrogen-bond acceptors (Lipinski definition) is 6. The molecule has 5 rings (SSSR count). The zero-order chi connectivity index (χ0) is 25.6. The zero-order valence-electron chi connectivity index (χ0n) is 21.9. The van der Waals surface area contributed by atoms with Crippen LogP contribution in [-0.2, 0) is 18.6 Å². The van der Waals surface area contributed by atoms with Crippen LogP contribution in [0.3, 0.4) is 0 Å². The highest BCUT2D eigenvalue weighted by Crippen LogP contribution is 2.38. The van der Waals surface area contributed by atoms with Crippen LogP contribution in [0.5, 0.6) is 11.5 Å². The van der Waals surface area contributed by atoms with Crippen LogP contribution in [-0.4, -0.2) is 49.9 Å². The van der Waals surface area contributed by atoms with E-state index < -0.39 is 0 Å². The highest BCUT2D eigenvalue weighted by atomic mass is 35.5. The Bertz CT molecular complexity index is 1040. The molecule has 2 fully saturated rings. The van der Waals surface area contributed by atoms with Gasteiger partial charge in [0.15, 0.2) is 11.5 Å². The lowest BCUT2D eigenvalue weighted by molar-refractivity contribution is 0.00578. The van der Waals surface area contributed by atoms with Crippen molar-refractivity contribution in [2.45, 2.75) is 77.8 Å². The first-order valence-corrected chi connectivity index (χ1v) is 12.4. The van der Waals surface area contributed by atoms with Crippen LogP contribution in [0.2, 0.25) is 5.02 Å². The fourth-order valence-corrected chi connectivity index (χ4v) is 4.02. The van der Waals surface area contributed by atoms with Crippen molar-refractivity contribution in [3.63, 3.8) is 0 Å². The Hall–Kier alpha value is -1.70. The molecule has 35 heavy (non-hydrogen) atoms. The summed E-state index contributed by atoms with van der Waals surface area (Å²) in [4.78, 5) is 0. The normalized spacial score (nSPS) is 23.0. The molecule has 2 aromatic rings. The Labute approximate surface area is 214 Å². The molecule has 0 unspecified atom stereocenters. The van der Waals surface area contributed by atoms with Gasteiger partial charge in [-0.2, -0.15) is 0 Å². The molecule has 0 atom stereocenters. The summed E-state index contributed by atoms with van der Waals surface area (Å²) in [6.45, 7) is 17.5. The summed E-state index contributed by atoms with van der Waals surface area (Å²) in [7, 11) is -0.690. The van der Waals surface area contributed by atoms with Crippen LogP contribution in [0.25, 0.3) is 0 Å². The van der Waals surface area contributed by atoms with Gasteiger partial charge in [0.05, 0.1) is 22.4 Å². The van der Waals surface area contributed by atoms with Crippen molar-refractivity contribution in [3.05, 3.63) is 47.5 Å². The van der Waals surface area contributed by atoms with Crippen molar-refractivity contribution in [2.24, 2.45) is 0 Å². The summed E-state index contributed by atoms with van der Waals surface area (Å²) in [5, 5.41) is 0.701. The van der Waals surface area contributed by atoms with E-state index in [-0.39, 0.29) is 36.6 Å². The summed E-state index contributed by atoms with van der Waals surface area (Å²) in [5.74, 6) is 1.55. The highest BCUT2D eigenvalue weighted by molar-refractivity contribution is 6.62. The number of rotatable bonds is 2. The summed E-state index contributed by atoms with van der Waals surface area (Å²) in [6, 6.07) is 13.4. The van der Waals surface area contributed by atoms with Crippen LogP contribution in [0, 0.1) is 0 Å². The van der Waals surface area contributed by atoms with E-state index in [1.54, 1.807) is 0 Å². The third kappa shape index (κ3) is 5.37. The monoisotopic (exact) mass is 500 g/mol. The molecule has 3 heterocycles. The summed E-state index contributed by atoms with van der Waals surface area (Å²) in [6.07, 6.45) is 0. The van der Waals surface area contributed by atoms with E-state index >= 15 is 0 Å². The van der Waals surface area contributed by atoms with Crippen molar-refractivity contribution >= 4 is 36.8 Å². The van der Waals surface area contributed by atoms with E-state index in [1.165, 1.54) is 0 Å². The molecule has 188 valence electrons. The molecule has 0 aliphatic carbocycles. The van der Waals surface area contributed by atoms with Crippen molar-refractivity contribution in [1.29, 1.82) is 0 Å². The lowest BCUT2D eigenvalue weighted by Gasteiger charge is -2.32. The average molecular weight is 501 g/mol. The van der Waals surface area contributed by atoms with Crippen LogP contribution in [0.15, 0.2) is 42.5 Å². The second kappa shape index (κ2) is 9.31. The molecule has 0 N–H and O–H groups in total. The molecule has 3 aliphatic rings. The molecule has 0 amide bonds. The van der Waals surface area contributed by atoms with E-state index in [9.17, 15) is 0 Å². The molecule has 9 heteroatoms. The molecule has 0 spiro atoms. The topological polar surface area (TPSA) is 55.4 Å². The van der Waals surface area contributed by atoms with Crippen molar-refractivity contribution < 1.29 is 28.1 Å². The van der Waals surface area contributed by atoms with Gasteiger partial charge in [0.25, 0.3) is 0 Å². The van der Waals surface area contributed by atoms with Gasteiger partial charge in [-0.25, -0.2) is 0 Å². The molecular formula is C26H35B2ClO6. The minimum absolute atomic E-state index is 0.306. The van der Waals surface area contributed by atoms with Crippen LogP contribution >= 0.6 is 11.6 Å². The maximum absolute atomic E-state index is 6.02. The average Bonchev–Trinajstić information content (AvgIpc) is 3.13. The van der Waals surface area contributed by atoms with Crippen molar-refractivity contribution in [2.75, 3.05) is 13.2 Å². The van der Waals surface area contributed by atoms with E-state index in [2.05, 4.69) is 0 Å². The number of fused-ring (bicyclic) bond motifs is 1. The third-order valence-electron chi connectivity index (χ3n) is 7.47. The Balaban J connectivity index is 0.000000168. The summed E-state index contributed by atoms with van der Waals surface area (Å²) < 4.78 is 35.0. The van der Waals surface area contributed by atoms with Crippen molar-refractivity contribution in [3.8, 4) is 11.5 Å². The fourth-order valence-electron chi connectivity index (χ4n) is 3.82. The lowest BCUT2D eigenvalue weighted by Crippen LogP contribution is -2.41. The van der Waals surface area contributed by atoms with E-state index in [0.29, 0.717) is 18.2 Å². The largest absolute Gasteiger partial charge is 0.494 e. The molecule has 0 radical (unpaired) electrons. The lowest BCUT2D eigenvalue weighted by atomic mass is 9.79. The Morgan fingerprint density at radius 1 is 0.600 bits per heavy atom. The Morgan fingerprint density at radius 3 is 1.54 bits per heavy atom. The summed E-state index contributed by atoms with van der Waals surface area (Å²) in [5.41, 5.74) is 0.657. The van der Waals surface area contributed by atoms with E-state index in [1.807, 2.05) is 97.9 Å². The number of benzene rings is 2. The molecule has 3 aliphatic heterocycles. The number of ether oxygens (including phenoxy) is 2. The second-order valence-corrected chi connectivity index (χ2v) is 11.6. The predicted molar refractivity (Wildman–Crippen MR) is 140 cm³/mol. The molecular weight excluding hydrogens is 465 g/mol. The molecule has 0 saturated carbocycles. The molecule has 2 aromatic carbocycles. The van der Waals surface area contributed by atoms with Gasteiger partial charge in [0.1, 0.15) is 13.2 Å². The maximum Gasteiger partial charge on any atom is 0.494 e. The maximum atomic E-state index is 6.02. The van der Waals surface area contributed by atoms with Crippen LogP contribution in [0.4, 0.5) is 0 Å². The second-order valence-electron chi connectivity index (χ2n) is 11.1. The van der Waals surface area contributed by atoms with E-state index in [4.69, 9.17) is 39.7 Å². The van der Waals surface area contributed by atoms with E-state index in [0.717, 1.165) is 22.4 Å².